The topological polar surface area (TPSA) is 55.8 Å². The second-order valence-corrected chi connectivity index (χ2v) is 8.50. The molecule has 0 aliphatic carbocycles. The Labute approximate surface area is 146 Å². The Balaban J connectivity index is 2.02. The Morgan fingerprint density at radius 3 is 2.62 bits per heavy atom. The van der Waals surface area contributed by atoms with Crippen LogP contribution in [0.25, 0.3) is 0 Å². The van der Waals surface area contributed by atoms with Crippen LogP contribution < -0.4 is 9.47 Å². The predicted molar refractivity (Wildman–Crippen MR) is 94.5 cm³/mol. The summed E-state index contributed by atoms with van der Waals surface area (Å²) >= 11 is 1.71. The van der Waals surface area contributed by atoms with Gasteiger partial charge in [-0.15, -0.1) is 11.3 Å². The molecule has 24 heavy (non-hydrogen) atoms. The van der Waals surface area contributed by atoms with Crippen molar-refractivity contribution in [3.63, 3.8) is 0 Å². The second-order valence-electron chi connectivity index (χ2n) is 5.61. The number of sulfonamides is 1. The molecule has 2 aromatic rings. The van der Waals surface area contributed by atoms with E-state index < -0.39 is 10.0 Å². The third-order valence-electron chi connectivity index (χ3n) is 4.39. The molecule has 0 N–H and O–H groups in total. The van der Waals surface area contributed by atoms with E-state index in [1.165, 1.54) is 25.2 Å². The molecule has 2 heterocycles. The van der Waals surface area contributed by atoms with Crippen molar-refractivity contribution in [2.45, 2.75) is 30.7 Å². The van der Waals surface area contributed by atoms with E-state index in [1.54, 1.807) is 27.8 Å². The number of thiophene rings is 1. The maximum absolute atomic E-state index is 13.2. The molecule has 1 atom stereocenters. The minimum atomic E-state index is -3.60. The smallest absolute Gasteiger partial charge is 0.243 e. The highest BCUT2D eigenvalue weighted by Crippen LogP contribution is 2.39. The van der Waals surface area contributed by atoms with Crippen LogP contribution in [0.1, 0.15) is 29.8 Å². The van der Waals surface area contributed by atoms with Crippen molar-refractivity contribution < 1.29 is 17.9 Å². The quantitative estimate of drug-likeness (QED) is 0.812. The van der Waals surface area contributed by atoms with Gasteiger partial charge in [0.15, 0.2) is 11.5 Å². The minimum Gasteiger partial charge on any atom is -0.493 e. The fraction of sp³-hybridized carbons (Fsp3) is 0.412. The highest BCUT2D eigenvalue weighted by Gasteiger charge is 2.36. The SMILES string of the molecule is CC[C@@H]1c2ccsc2CCN1S(=O)(=O)c1ccc(OC)c(OC)c1. The first-order chi connectivity index (χ1) is 11.5. The van der Waals surface area contributed by atoms with E-state index in [1.807, 2.05) is 18.4 Å². The van der Waals surface area contributed by atoms with E-state index in [0.717, 1.165) is 18.4 Å². The van der Waals surface area contributed by atoms with Gasteiger partial charge >= 0.3 is 0 Å². The monoisotopic (exact) mass is 367 g/mol. The maximum Gasteiger partial charge on any atom is 0.243 e. The van der Waals surface area contributed by atoms with Gasteiger partial charge in [-0.2, -0.15) is 4.31 Å². The van der Waals surface area contributed by atoms with Crippen LogP contribution >= 0.6 is 11.3 Å². The summed E-state index contributed by atoms with van der Waals surface area (Å²) < 4.78 is 38.4. The lowest BCUT2D eigenvalue weighted by atomic mass is 10.0. The Morgan fingerprint density at radius 2 is 1.96 bits per heavy atom. The van der Waals surface area contributed by atoms with Gasteiger partial charge in [0.1, 0.15) is 0 Å². The van der Waals surface area contributed by atoms with Gasteiger partial charge in [-0.25, -0.2) is 8.42 Å². The standard InChI is InChI=1S/C17H21NO4S2/c1-4-14-13-8-10-23-17(13)7-9-18(14)24(19,20)12-5-6-15(21-2)16(11-12)22-3/h5-6,8,10-11,14H,4,7,9H2,1-3H3/t14-/m1/s1. The van der Waals surface area contributed by atoms with Crippen molar-refractivity contribution in [2.24, 2.45) is 0 Å². The van der Waals surface area contributed by atoms with E-state index in [-0.39, 0.29) is 10.9 Å². The Hall–Kier alpha value is -1.57. The zero-order chi connectivity index (χ0) is 17.3. The normalized spacial score (nSPS) is 18.2. The fourth-order valence-corrected chi connectivity index (χ4v) is 5.82. The third-order valence-corrected chi connectivity index (χ3v) is 7.29. The van der Waals surface area contributed by atoms with Crippen molar-refractivity contribution in [2.75, 3.05) is 20.8 Å². The molecule has 5 nitrogen and oxygen atoms in total. The molecule has 7 heteroatoms. The van der Waals surface area contributed by atoms with Crippen LogP contribution in [0.4, 0.5) is 0 Å². The lowest BCUT2D eigenvalue weighted by molar-refractivity contribution is 0.303. The average molecular weight is 367 g/mol. The summed E-state index contributed by atoms with van der Waals surface area (Å²) in [6.07, 6.45) is 1.51. The summed E-state index contributed by atoms with van der Waals surface area (Å²) in [5, 5.41) is 2.04. The first kappa shape index (κ1) is 17.3. The van der Waals surface area contributed by atoms with Gasteiger partial charge in [0.05, 0.1) is 25.2 Å². The molecule has 0 saturated heterocycles. The van der Waals surface area contributed by atoms with Gasteiger partial charge < -0.3 is 9.47 Å². The first-order valence-electron chi connectivity index (χ1n) is 7.83. The van der Waals surface area contributed by atoms with Crippen LogP contribution in [-0.2, 0) is 16.4 Å². The second kappa shape index (κ2) is 6.74. The molecule has 0 spiro atoms. The number of nitrogens with zero attached hydrogens (tertiary/aromatic N) is 1. The number of hydrogen-bond donors (Lipinski definition) is 0. The van der Waals surface area contributed by atoms with Gasteiger partial charge in [-0.3, -0.25) is 0 Å². The minimum absolute atomic E-state index is 0.113. The van der Waals surface area contributed by atoms with Crippen molar-refractivity contribution in [3.05, 3.63) is 40.1 Å². The molecular formula is C17H21NO4S2. The largest absolute Gasteiger partial charge is 0.493 e. The molecule has 130 valence electrons. The van der Waals surface area contributed by atoms with Crippen LogP contribution in [0, 0.1) is 0 Å². The summed E-state index contributed by atoms with van der Waals surface area (Å²) in [5.41, 5.74) is 1.14. The predicted octanol–water partition coefficient (Wildman–Crippen LogP) is 3.46. The van der Waals surface area contributed by atoms with Crippen LogP contribution in [0.3, 0.4) is 0 Å². The lowest BCUT2D eigenvalue weighted by Gasteiger charge is -2.34. The molecule has 0 amide bonds. The van der Waals surface area contributed by atoms with Gasteiger partial charge in [0.25, 0.3) is 0 Å². The number of rotatable bonds is 5. The van der Waals surface area contributed by atoms with E-state index in [9.17, 15) is 8.42 Å². The van der Waals surface area contributed by atoms with Crippen molar-refractivity contribution in [3.8, 4) is 11.5 Å². The molecule has 0 fully saturated rings. The third kappa shape index (κ3) is 2.81. The molecule has 0 bridgehead atoms. The van der Waals surface area contributed by atoms with Crippen LogP contribution in [0.5, 0.6) is 11.5 Å². The van der Waals surface area contributed by atoms with Crippen LogP contribution in [-0.4, -0.2) is 33.5 Å². The number of hydrogen-bond acceptors (Lipinski definition) is 5. The summed E-state index contributed by atoms with van der Waals surface area (Å²) in [4.78, 5) is 1.53. The number of methoxy groups -OCH3 is 2. The molecule has 0 saturated carbocycles. The molecule has 0 radical (unpaired) electrons. The Morgan fingerprint density at radius 1 is 1.21 bits per heavy atom. The Kier molecular flexibility index (Phi) is 4.85. The van der Waals surface area contributed by atoms with Crippen molar-refractivity contribution in [1.29, 1.82) is 0 Å². The van der Waals surface area contributed by atoms with Gasteiger partial charge in [0.2, 0.25) is 10.0 Å². The molecule has 1 aromatic heterocycles. The summed E-state index contributed by atoms with van der Waals surface area (Å²) in [5.74, 6) is 0.933. The summed E-state index contributed by atoms with van der Waals surface area (Å²) in [6.45, 7) is 2.53. The van der Waals surface area contributed by atoms with E-state index >= 15 is 0 Å². The maximum atomic E-state index is 13.2. The highest BCUT2D eigenvalue weighted by molar-refractivity contribution is 7.89. The molecule has 3 rings (SSSR count). The Bertz CT molecular complexity index is 829. The molecule has 1 aromatic carbocycles. The number of benzene rings is 1. The van der Waals surface area contributed by atoms with Crippen LogP contribution in [0.2, 0.25) is 0 Å². The molecular weight excluding hydrogens is 346 g/mol. The highest BCUT2D eigenvalue weighted by atomic mass is 32.2. The zero-order valence-corrected chi connectivity index (χ0v) is 15.6. The molecule has 0 unspecified atom stereocenters. The van der Waals surface area contributed by atoms with E-state index in [0.29, 0.717) is 18.0 Å². The fourth-order valence-electron chi connectivity index (χ4n) is 3.20. The summed E-state index contributed by atoms with van der Waals surface area (Å²) in [7, 11) is -0.568. The molecule has 1 aliphatic heterocycles. The van der Waals surface area contributed by atoms with Gasteiger partial charge in [0, 0.05) is 17.5 Å². The van der Waals surface area contributed by atoms with Crippen molar-refractivity contribution in [1.82, 2.24) is 4.31 Å². The number of fused-ring (bicyclic) bond motifs is 1. The first-order valence-corrected chi connectivity index (χ1v) is 10.1. The van der Waals surface area contributed by atoms with E-state index in [4.69, 9.17) is 9.47 Å². The van der Waals surface area contributed by atoms with Gasteiger partial charge in [-0.1, -0.05) is 6.92 Å². The number of ether oxygens (including phenoxy) is 2. The van der Waals surface area contributed by atoms with E-state index in [2.05, 4.69) is 0 Å². The lowest BCUT2D eigenvalue weighted by Crippen LogP contribution is -2.39. The molecule has 1 aliphatic rings. The van der Waals surface area contributed by atoms with Crippen molar-refractivity contribution >= 4 is 21.4 Å². The van der Waals surface area contributed by atoms with Crippen LogP contribution in [0.15, 0.2) is 34.5 Å². The summed E-state index contributed by atoms with van der Waals surface area (Å²) in [6, 6.07) is 6.67. The zero-order valence-electron chi connectivity index (χ0n) is 14.0. The average Bonchev–Trinajstić information content (AvgIpc) is 3.08. The van der Waals surface area contributed by atoms with Gasteiger partial charge in [-0.05, 0) is 42.0 Å².